The monoisotopic (exact) mass is 389 g/mol. The van der Waals surface area contributed by atoms with Crippen molar-refractivity contribution in [3.8, 4) is 0 Å². The predicted octanol–water partition coefficient (Wildman–Crippen LogP) is 3.03. The average Bonchev–Trinajstić information content (AvgIpc) is 2.73. The molecular weight excluding hydrogens is 364 g/mol. The first-order valence-electron chi connectivity index (χ1n) is 9.38. The molecule has 1 saturated heterocycles. The number of halogens is 2. The topological polar surface area (TPSA) is 44.8 Å². The Kier molecular flexibility index (Phi) is 6.95. The summed E-state index contributed by atoms with van der Waals surface area (Å²) in [7, 11) is 1.63. The molecule has 1 N–H and O–H groups in total. The van der Waals surface area contributed by atoms with Gasteiger partial charge in [-0.05, 0) is 35.4 Å². The Morgan fingerprint density at radius 2 is 1.46 bits per heavy atom. The van der Waals surface area contributed by atoms with Crippen LogP contribution in [0.25, 0.3) is 0 Å². The molecule has 1 heterocycles. The molecule has 0 saturated carbocycles. The summed E-state index contributed by atoms with van der Waals surface area (Å²) in [4.78, 5) is 15.7. The summed E-state index contributed by atoms with van der Waals surface area (Å²) in [6.07, 6.45) is -0.395. The van der Waals surface area contributed by atoms with Gasteiger partial charge in [0.15, 0.2) is 0 Å². The third-order valence-corrected chi connectivity index (χ3v) is 4.91. The van der Waals surface area contributed by atoms with Crippen LogP contribution in [0.5, 0.6) is 0 Å². The number of urea groups is 1. The summed E-state index contributed by atoms with van der Waals surface area (Å²) in [6, 6.07) is 12.3. The molecule has 2 aromatic carbocycles. The lowest BCUT2D eigenvalue weighted by atomic mass is 10.0. The second kappa shape index (κ2) is 9.61. The zero-order valence-corrected chi connectivity index (χ0v) is 15.9. The van der Waals surface area contributed by atoms with Crippen LogP contribution in [-0.4, -0.2) is 62.2 Å². The van der Waals surface area contributed by atoms with E-state index in [0.29, 0.717) is 19.7 Å². The van der Waals surface area contributed by atoms with Crippen molar-refractivity contribution in [2.45, 2.75) is 6.10 Å². The number of amides is 2. The fraction of sp³-hybridized carbons (Fsp3) is 0.381. The van der Waals surface area contributed by atoms with Crippen molar-refractivity contribution < 1.29 is 18.3 Å². The fourth-order valence-electron chi connectivity index (χ4n) is 3.29. The number of nitrogens with one attached hydrogen (secondary N) is 1. The zero-order chi connectivity index (χ0) is 19.9. The van der Waals surface area contributed by atoms with E-state index in [1.54, 1.807) is 36.2 Å². The predicted molar refractivity (Wildman–Crippen MR) is 103 cm³/mol. The fourth-order valence-corrected chi connectivity index (χ4v) is 3.29. The summed E-state index contributed by atoms with van der Waals surface area (Å²) in [5, 5.41) is 2.64. The smallest absolute Gasteiger partial charge is 0.317 e. The molecule has 2 amide bonds. The molecule has 1 fully saturated rings. The van der Waals surface area contributed by atoms with Crippen molar-refractivity contribution in [3.05, 3.63) is 71.3 Å². The van der Waals surface area contributed by atoms with Gasteiger partial charge in [0.1, 0.15) is 17.7 Å². The molecule has 0 unspecified atom stereocenters. The Balaban J connectivity index is 1.59. The summed E-state index contributed by atoms with van der Waals surface area (Å²) >= 11 is 0. The number of carbonyl (C=O) groups is 1. The van der Waals surface area contributed by atoms with E-state index in [0.717, 1.165) is 30.8 Å². The lowest BCUT2D eigenvalue weighted by molar-refractivity contribution is 0.0492. The highest BCUT2D eigenvalue weighted by Crippen LogP contribution is 2.26. The van der Waals surface area contributed by atoms with Gasteiger partial charge in [0.05, 0.1) is 6.61 Å². The van der Waals surface area contributed by atoms with E-state index in [-0.39, 0.29) is 17.7 Å². The van der Waals surface area contributed by atoms with E-state index >= 15 is 0 Å². The number of ether oxygens (including phenoxy) is 1. The van der Waals surface area contributed by atoms with Crippen LogP contribution in [0.1, 0.15) is 17.2 Å². The minimum absolute atomic E-state index is 0.0522. The maximum absolute atomic E-state index is 13.3. The average molecular weight is 389 g/mol. The largest absolute Gasteiger partial charge is 0.367 e. The summed E-state index contributed by atoms with van der Waals surface area (Å²) in [5.74, 6) is -0.619. The lowest BCUT2D eigenvalue weighted by Gasteiger charge is -2.34. The van der Waals surface area contributed by atoms with E-state index in [1.165, 1.54) is 24.3 Å². The minimum Gasteiger partial charge on any atom is -0.367 e. The molecule has 0 aliphatic carbocycles. The SMILES string of the molecule is CNC(=O)N1CCN(CCOC(c2ccc(F)cc2)c2ccc(F)cc2)CC1. The van der Waals surface area contributed by atoms with Crippen molar-refractivity contribution in [3.63, 3.8) is 0 Å². The number of benzene rings is 2. The second-order valence-corrected chi connectivity index (χ2v) is 6.74. The minimum atomic E-state index is -0.395. The third-order valence-electron chi connectivity index (χ3n) is 4.91. The number of nitrogens with zero attached hydrogens (tertiary/aromatic N) is 2. The molecule has 3 rings (SSSR count). The van der Waals surface area contributed by atoms with Crippen LogP contribution in [0.3, 0.4) is 0 Å². The second-order valence-electron chi connectivity index (χ2n) is 6.74. The van der Waals surface area contributed by atoms with Gasteiger partial charge in [0.2, 0.25) is 0 Å². The molecule has 1 aliphatic rings. The number of carbonyl (C=O) groups excluding carboxylic acids is 1. The van der Waals surface area contributed by atoms with Gasteiger partial charge < -0.3 is 15.0 Å². The van der Waals surface area contributed by atoms with Crippen molar-refractivity contribution in [2.24, 2.45) is 0 Å². The molecule has 0 aromatic heterocycles. The van der Waals surface area contributed by atoms with E-state index in [2.05, 4.69) is 10.2 Å². The first-order chi connectivity index (χ1) is 13.6. The van der Waals surface area contributed by atoms with Gasteiger partial charge in [0, 0.05) is 39.8 Å². The summed E-state index contributed by atoms with van der Waals surface area (Å²) in [5.41, 5.74) is 1.63. The number of hydrogen-bond acceptors (Lipinski definition) is 3. The highest BCUT2D eigenvalue weighted by atomic mass is 19.1. The van der Waals surface area contributed by atoms with Crippen molar-refractivity contribution >= 4 is 6.03 Å². The maximum atomic E-state index is 13.3. The summed E-state index contributed by atoms with van der Waals surface area (Å²) in [6.45, 7) is 4.13. The summed E-state index contributed by atoms with van der Waals surface area (Å²) < 4.78 is 32.7. The Hall–Kier alpha value is -2.51. The quantitative estimate of drug-likeness (QED) is 0.826. The van der Waals surface area contributed by atoms with Crippen LogP contribution < -0.4 is 5.32 Å². The van der Waals surface area contributed by atoms with E-state index in [1.807, 2.05) is 0 Å². The molecule has 0 atom stereocenters. The van der Waals surface area contributed by atoms with Gasteiger partial charge in [-0.25, -0.2) is 13.6 Å². The van der Waals surface area contributed by atoms with Gasteiger partial charge in [-0.2, -0.15) is 0 Å². The molecule has 0 bridgehead atoms. The lowest BCUT2D eigenvalue weighted by Crippen LogP contribution is -2.51. The molecule has 0 spiro atoms. The molecule has 5 nitrogen and oxygen atoms in total. The van der Waals surface area contributed by atoms with Crippen molar-refractivity contribution in [1.29, 1.82) is 0 Å². The Labute approximate surface area is 163 Å². The third kappa shape index (κ3) is 5.27. The molecular formula is C21H25F2N3O2. The maximum Gasteiger partial charge on any atom is 0.317 e. The van der Waals surface area contributed by atoms with Gasteiger partial charge >= 0.3 is 6.03 Å². The van der Waals surface area contributed by atoms with Crippen LogP contribution in [0.4, 0.5) is 13.6 Å². The zero-order valence-electron chi connectivity index (χ0n) is 15.9. The van der Waals surface area contributed by atoms with Crippen molar-refractivity contribution in [1.82, 2.24) is 15.1 Å². The van der Waals surface area contributed by atoms with Gasteiger partial charge in [-0.15, -0.1) is 0 Å². The Morgan fingerprint density at radius 1 is 0.964 bits per heavy atom. The van der Waals surface area contributed by atoms with E-state index in [9.17, 15) is 13.6 Å². The van der Waals surface area contributed by atoms with Gasteiger partial charge in [-0.3, -0.25) is 4.90 Å². The van der Waals surface area contributed by atoms with Crippen LogP contribution in [0.2, 0.25) is 0 Å². The number of hydrogen-bond donors (Lipinski definition) is 1. The van der Waals surface area contributed by atoms with Crippen LogP contribution >= 0.6 is 0 Å². The molecule has 28 heavy (non-hydrogen) atoms. The normalized spacial score (nSPS) is 15.1. The number of piperazine rings is 1. The first kappa shape index (κ1) is 20.2. The molecule has 1 aliphatic heterocycles. The highest BCUT2D eigenvalue weighted by Gasteiger charge is 2.21. The van der Waals surface area contributed by atoms with Crippen LogP contribution in [0, 0.1) is 11.6 Å². The van der Waals surface area contributed by atoms with Gasteiger partial charge in [0.25, 0.3) is 0 Å². The highest BCUT2D eigenvalue weighted by molar-refractivity contribution is 5.73. The standard InChI is InChI=1S/C21H25F2N3O2/c1-24-21(27)26-12-10-25(11-13-26)14-15-28-20(16-2-6-18(22)7-3-16)17-4-8-19(23)9-5-17/h2-9,20H,10-15H2,1H3,(H,24,27). The Bertz CT molecular complexity index is 715. The first-order valence-corrected chi connectivity index (χ1v) is 9.38. The molecule has 2 aromatic rings. The van der Waals surface area contributed by atoms with Crippen molar-refractivity contribution in [2.75, 3.05) is 46.4 Å². The van der Waals surface area contributed by atoms with Crippen LogP contribution in [0.15, 0.2) is 48.5 Å². The Morgan fingerprint density at radius 3 is 1.93 bits per heavy atom. The molecule has 7 heteroatoms. The number of rotatable bonds is 6. The van der Waals surface area contributed by atoms with E-state index < -0.39 is 6.10 Å². The van der Waals surface area contributed by atoms with Gasteiger partial charge in [-0.1, -0.05) is 24.3 Å². The van der Waals surface area contributed by atoms with Crippen LogP contribution in [-0.2, 0) is 4.74 Å². The van der Waals surface area contributed by atoms with E-state index in [4.69, 9.17) is 4.74 Å². The molecule has 0 radical (unpaired) electrons. The molecule has 150 valence electrons.